The molecule has 0 radical (unpaired) electrons. The largest absolute Gasteiger partial charge is 0.456 e. The first-order chi connectivity index (χ1) is 8.54. The summed E-state index contributed by atoms with van der Waals surface area (Å²) in [5.41, 5.74) is 0.766. The number of benzene rings is 1. The van der Waals surface area contributed by atoms with E-state index in [0.717, 1.165) is 17.7 Å². The predicted octanol–water partition coefficient (Wildman–Crippen LogP) is 3.77. The highest BCUT2D eigenvalue weighted by Crippen LogP contribution is 2.30. The molecule has 0 atom stereocenters. The molecule has 2 nitrogen and oxygen atoms in total. The van der Waals surface area contributed by atoms with E-state index in [2.05, 4.69) is 5.32 Å². The van der Waals surface area contributed by atoms with Gasteiger partial charge in [-0.05, 0) is 18.6 Å². The normalized spacial score (nSPS) is 11.7. The van der Waals surface area contributed by atoms with Gasteiger partial charge in [0.2, 0.25) is 0 Å². The van der Waals surface area contributed by atoms with Gasteiger partial charge in [0.25, 0.3) is 0 Å². The first-order valence-electron chi connectivity index (χ1n) is 6.16. The minimum Gasteiger partial charge on any atom is -0.456 e. The Morgan fingerprint density at radius 3 is 2.50 bits per heavy atom. The van der Waals surface area contributed by atoms with Gasteiger partial charge in [0, 0.05) is 11.6 Å². The fraction of sp³-hybridized carbons (Fsp3) is 0.429. The Morgan fingerprint density at radius 1 is 1.22 bits per heavy atom. The lowest BCUT2D eigenvalue weighted by Crippen LogP contribution is -2.22. The maximum atomic E-state index is 13.8. The van der Waals surface area contributed by atoms with Crippen molar-refractivity contribution in [3.63, 3.8) is 0 Å². The van der Waals surface area contributed by atoms with E-state index < -0.39 is 11.6 Å². The minimum absolute atomic E-state index is 0.0207. The van der Waals surface area contributed by atoms with Crippen LogP contribution in [0.25, 0.3) is 11.0 Å². The van der Waals surface area contributed by atoms with Crippen LogP contribution < -0.4 is 5.32 Å². The van der Waals surface area contributed by atoms with Crippen LogP contribution in [0, 0.1) is 11.6 Å². The molecule has 1 aromatic carbocycles. The summed E-state index contributed by atoms with van der Waals surface area (Å²) in [5.74, 6) is -0.329. The molecule has 0 unspecified atom stereocenters. The highest BCUT2D eigenvalue weighted by atomic mass is 19.1. The van der Waals surface area contributed by atoms with E-state index in [9.17, 15) is 8.78 Å². The topological polar surface area (TPSA) is 25.2 Å². The summed E-state index contributed by atoms with van der Waals surface area (Å²) in [7, 11) is 0. The molecule has 0 spiro atoms. The van der Waals surface area contributed by atoms with Gasteiger partial charge in [-0.2, -0.15) is 0 Å². The van der Waals surface area contributed by atoms with Crippen molar-refractivity contribution >= 4 is 11.0 Å². The minimum atomic E-state index is -0.517. The summed E-state index contributed by atoms with van der Waals surface area (Å²) >= 11 is 0. The van der Waals surface area contributed by atoms with Gasteiger partial charge in [0.05, 0.1) is 11.9 Å². The molecule has 4 heteroatoms. The lowest BCUT2D eigenvalue weighted by atomic mass is 10.1. The first-order valence-corrected chi connectivity index (χ1v) is 6.16. The van der Waals surface area contributed by atoms with Crippen molar-refractivity contribution in [3.8, 4) is 0 Å². The lowest BCUT2D eigenvalue weighted by Gasteiger charge is -2.06. The molecule has 0 bridgehead atoms. The molecule has 0 aliphatic rings. The first kappa shape index (κ1) is 13.0. The van der Waals surface area contributed by atoms with Crippen LogP contribution in [-0.4, -0.2) is 6.04 Å². The third kappa shape index (κ3) is 2.25. The van der Waals surface area contributed by atoms with E-state index >= 15 is 0 Å². The van der Waals surface area contributed by atoms with Crippen LogP contribution in [0.15, 0.2) is 16.5 Å². The van der Waals surface area contributed by atoms with Gasteiger partial charge in [-0.25, -0.2) is 8.78 Å². The Morgan fingerprint density at radius 2 is 1.89 bits per heavy atom. The van der Waals surface area contributed by atoms with Crippen LogP contribution in [0.1, 0.15) is 32.1 Å². The molecule has 0 fully saturated rings. The molecule has 2 aromatic rings. The van der Waals surface area contributed by atoms with Crippen LogP contribution in [0.4, 0.5) is 8.78 Å². The second kappa shape index (κ2) is 5.06. The molecule has 0 aliphatic heterocycles. The molecule has 1 heterocycles. The fourth-order valence-corrected chi connectivity index (χ4v) is 2.05. The Hall–Kier alpha value is -1.42. The number of rotatable bonds is 4. The zero-order valence-corrected chi connectivity index (χ0v) is 10.8. The van der Waals surface area contributed by atoms with E-state index in [4.69, 9.17) is 4.42 Å². The zero-order valence-electron chi connectivity index (χ0n) is 10.8. The van der Waals surface area contributed by atoms with E-state index in [0.29, 0.717) is 18.7 Å². The van der Waals surface area contributed by atoms with Gasteiger partial charge in [0.15, 0.2) is 11.4 Å². The van der Waals surface area contributed by atoms with Crippen molar-refractivity contribution < 1.29 is 13.2 Å². The number of nitrogens with one attached hydrogen (secondary N) is 1. The molecule has 0 saturated carbocycles. The number of hydrogen-bond donors (Lipinski definition) is 1. The zero-order chi connectivity index (χ0) is 13.3. The highest BCUT2D eigenvalue weighted by Gasteiger charge is 2.19. The molecular weight excluding hydrogens is 236 g/mol. The molecule has 0 amide bonds. The number of aryl methyl sites for hydroxylation is 1. The summed E-state index contributed by atoms with van der Waals surface area (Å²) in [6.07, 6.45) is 0.614. The quantitative estimate of drug-likeness (QED) is 0.897. The average molecular weight is 253 g/mol. The fourth-order valence-electron chi connectivity index (χ4n) is 2.05. The Kier molecular flexibility index (Phi) is 3.66. The van der Waals surface area contributed by atoms with Crippen LogP contribution in [0.2, 0.25) is 0 Å². The summed E-state index contributed by atoms with van der Waals surface area (Å²) in [5, 5.41) is 3.47. The Labute approximate surface area is 105 Å². The average Bonchev–Trinajstić information content (AvgIpc) is 2.71. The van der Waals surface area contributed by atoms with Crippen molar-refractivity contribution in [1.82, 2.24) is 5.32 Å². The summed E-state index contributed by atoms with van der Waals surface area (Å²) in [4.78, 5) is 0. The second-order valence-electron chi connectivity index (χ2n) is 4.63. The van der Waals surface area contributed by atoms with Crippen LogP contribution in [0.5, 0.6) is 0 Å². The van der Waals surface area contributed by atoms with Gasteiger partial charge in [-0.1, -0.05) is 20.8 Å². The SMILES string of the molecule is CCc1c(CNC(C)C)oc2c(F)ccc(F)c12. The van der Waals surface area contributed by atoms with E-state index in [1.54, 1.807) is 0 Å². The number of halogens is 2. The van der Waals surface area contributed by atoms with Crippen LogP contribution in [-0.2, 0) is 13.0 Å². The Balaban J connectivity index is 2.54. The smallest absolute Gasteiger partial charge is 0.173 e. The van der Waals surface area contributed by atoms with Crippen LogP contribution >= 0.6 is 0 Å². The second-order valence-corrected chi connectivity index (χ2v) is 4.63. The maximum Gasteiger partial charge on any atom is 0.173 e. The summed E-state index contributed by atoms with van der Waals surface area (Å²) in [6, 6.07) is 2.53. The predicted molar refractivity (Wildman–Crippen MR) is 67.5 cm³/mol. The molecular formula is C14H17F2NO. The maximum absolute atomic E-state index is 13.8. The Bertz CT molecular complexity index is 560. The number of hydrogen-bond acceptors (Lipinski definition) is 2. The van der Waals surface area contributed by atoms with Crippen molar-refractivity contribution in [1.29, 1.82) is 0 Å². The molecule has 0 saturated heterocycles. The van der Waals surface area contributed by atoms with Crippen LogP contribution in [0.3, 0.4) is 0 Å². The molecule has 1 N–H and O–H groups in total. The highest BCUT2D eigenvalue weighted by molar-refractivity contribution is 5.83. The molecule has 98 valence electrons. The van der Waals surface area contributed by atoms with Crippen molar-refractivity contribution in [2.75, 3.05) is 0 Å². The summed E-state index contributed by atoms with van der Waals surface area (Å²) < 4.78 is 32.9. The van der Waals surface area contributed by atoms with E-state index in [1.165, 1.54) is 0 Å². The molecule has 18 heavy (non-hydrogen) atoms. The molecule has 2 rings (SSSR count). The van der Waals surface area contributed by atoms with Crippen molar-refractivity contribution in [2.45, 2.75) is 39.8 Å². The monoisotopic (exact) mass is 253 g/mol. The van der Waals surface area contributed by atoms with Crippen molar-refractivity contribution in [2.24, 2.45) is 0 Å². The third-order valence-corrected chi connectivity index (χ3v) is 2.95. The van der Waals surface area contributed by atoms with Gasteiger partial charge >= 0.3 is 0 Å². The third-order valence-electron chi connectivity index (χ3n) is 2.95. The number of furan rings is 1. The standard InChI is InChI=1S/C14H17F2NO/c1-4-9-12(7-17-8(2)3)18-14-11(16)6-5-10(15)13(9)14/h5-6,8,17H,4,7H2,1-3H3. The van der Waals surface area contributed by atoms with Gasteiger partial charge in [-0.3, -0.25) is 0 Å². The van der Waals surface area contributed by atoms with Crippen molar-refractivity contribution in [3.05, 3.63) is 35.1 Å². The van der Waals surface area contributed by atoms with Gasteiger partial charge in [-0.15, -0.1) is 0 Å². The van der Waals surface area contributed by atoms with E-state index in [1.807, 2.05) is 20.8 Å². The lowest BCUT2D eigenvalue weighted by molar-refractivity contribution is 0.472. The molecule has 1 aromatic heterocycles. The van der Waals surface area contributed by atoms with Gasteiger partial charge in [0.1, 0.15) is 11.6 Å². The van der Waals surface area contributed by atoms with Gasteiger partial charge < -0.3 is 9.73 Å². The van der Waals surface area contributed by atoms with E-state index in [-0.39, 0.29) is 17.0 Å². The summed E-state index contributed by atoms with van der Waals surface area (Å²) in [6.45, 7) is 6.41. The number of fused-ring (bicyclic) bond motifs is 1. The molecule has 0 aliphatic carbocycles.